The number of aliphatic hydroxyl groups is 1. The maximum Gasteiger partial charge on any atom is 0.301 e. The molecule has 7 rings (SSSR count). The molecule has 220 valence electrons. The van der Waals surface area contributed by atoms with Crippen LogP contribution in [0.5, 0.6) is 11.5 Å². The molecule has 1 saturated heterocycles. The van der Waals surface area contributed by atoms with Crippen LogP contribution in [0.25, 0.3) is 16.5 Å². The normalized spacial score (nSPS) is 18.9. The Balaban J connectivity index is 1.25. The molecule has 8 nitrogen and oxygen atoms in total. The summed E-state index contributed by atoms with van der Waals surface area (Å²) in [6, 6.07) is 25.9. The summed E-state index contributed by atoms with van der Waals surface area (Å²) < 4.78 is 11.8. The zero-order valence-corrected chi connectivity index (χ0v) is 25.5. The van der Waals surface area contributed by atoms with Gasteiger partial charge in [0, 0.05) is 17.7 Å². The number of aromatic nitrogens is 2. The van der Waals surface area contributed by atoms with Gasteiger partial charge in [-0.3, -0.25) is 14.5 Å². The summed E-state index contributed by atoms with van der Waals surface area (Å²) >= 11 is 2.76. The van der Waals surface area contributed by atoms with E-state index in [4.69, 9.17) is 9.47 Å². The minimum absolute atomic E-state index is 0.00719. The molecule has 5 aromatic rings. The third-order valence-corrected chi connectivity index (χ3v) is 9.98. The number of aliphatic hydroxyl groups excluding tert-OH is 1. The van der Waals surface area contributed by atoms with Crippen LogP contribution in [0.2, 0.25) is 0 Å². The van der Waals surface area contributed by atoms with Crippen molar-refractivity contribution in [2.75, 3.05) is 12.0 Å². The van der Waals surface area contributed by atoms with Crippen LogP contribution in [0.1, 0.15) is 35.2 Å². The highest BCUT2D eigenvalue weighted by Crippen LogP contribution is 2.45. The summed E-state index contributed by atoms with van der Waals surface area (Å²) in [6.45, 7) is 1.98. The molecule has 1 fully saturated rings. The summed E-state index contributed by atoms with van der Waals surface area (Å²) in [7, 11) is 1.57. The largest absolute Gasteiger partial charge is 0.507 e. The lowest BCUT2D eigenvalue weighted by Gasteiger charge is -2.22. The Bertz CT molecular complexity index is 1950. The van der Waals surface area contributed by atoms with E-state index in [0.29, 0.717) is 33.4 Å². The molecule has 1 N–H and O–H groups in total. The molecule has 2 unspecified atom stereocenters. The van der Waals surface area contributed by atoms with Gasteiger partial charge in [0.2, 0.25) is 5.13 Å². The van der Waals surface area contributed by atoms with E-state index in [1.165, 1.54) is 33.4 Å². The van der Waals surface area contributed by atoms with Gasteiger partial charge >= 0.3 is 5.91 Å². The molecule has 2 atom stereocenters. The average molecular weight is 622 g/mol. The van der Waals surface area contributed by atoms with Gasteiger partial charge in [0.25, 0.3) is 5.78 Å². The van der Waals surface area contributed by atoms with Gasteiger partial charge in [0.05, 0.1) is 18.7 Å². The van der Waals surface area contributed by atoms with Crippen molar-refractivity contribution in [2.45, 2.75) is 35.6 Å². The number of amides is 1. The number of fused-ring (bicyclic) bond motifs is 2. The summed E-state index contributed by atoms with van der Waals surface area (Å²) in [5.74, 6) is 0.243. The SMILES string of the molecule is COc1ccc(C2C(=C(O)c3ccc4c(c3)CC(C)O4)C(=O)C(=O)N2c2nnc(SCc3cccc4ccccc34)s2)cc1. The van der Waals surface area contributed by atoms with Crippen molar-refractivity contribution < 1.29 is 24.2 Å². The lowest BCUT2D eigenvalue weighted by atomic mass is 9.94. The minimum Gasteiger partial charge on any atom is -0.507 e. The van der Waals surface area contributed by atoms with E-state index in [-0.39, 0.29) is 22.6 Å². The summed E-state index contributed by atoms with van der Waals surface area (Å²) in [4.78, 5) is 28.6. The molecule has 2 aliphatic heterocycles. The Kier molecular flexibility index (Phi) is 7.31. The van der Waals surface area contributed by atoms with Crippen LogP contribution in [0.3, 0.4) is 0 Å². The molecule has 1 amide bonds. The van der Waals surface area contributed by atoms with Gasteiger partial charge in [-0.2, -0.15) is 0 Å². The van der Waals surface area contributed by atoms with Crippen molar-refractivity contribution in [3.8, 4) is 11.5 Å². The minimum atomic E-state index is -0.909. The molecule has 1 aromatic heterocycles. The van der Waals surface area contributed by atoms with Crippen molar-refractivity contribution in [3.05, 3.63) is 113 Å². The van der Waals surface area contributed by atoms with Gasteiger partial charge in [-0.1, -0.05) is 77.7 Å². The van der Waals surface area contributed by atoms with Gasteiger partial charge in [-0.05, 0) is 64.7 Å². The topological polar surface area (TPSA) is 102 Å². The lowest BCUT2D eigenvalue weighted by molar-refractivity contribution is -0.132. The summed E-state index contributed by atoms with van der Waals surface area (Å²) in [6.07, 6.45) is 0.717. The average Bonchev–Trinajstić information content (AvgIpc) is 3.74. The number of rotatable bonds is 7. The fourth-order valence-corrected chi connectivity index (χ4v) is 7.64. The number of Topliss-reactive ketones (excluding diaryl/α,β-unsaturated/α-hetero) is 1. The third-order valence-electron chi connectivity index (χ3n) is 7.88. The van der Waals surface area contributed by atoms with Gasteiger partial charge < -0.3 is 14.6 Å². The van der Waals surface area contributed by atoms with Crippen LogP contribution < -0.4 is 14.4 Å². The quantitative estimate of drug-likeness (QED) is 0.0686. The summed E-state index contributed by atoms with van der Waals surface area (Å²) in [5.41, 5.74) is 3.17. The predicted octanol–water partition coefficient (Wildman–Crippen LogP) is 6.94. The highest BCUT2D eigenvalue weighted by molar-refractivity contribution is 8.00. The van der Waals surface area contributed by atoms with Crippen molar-refractivity contribution in [2.24, 2.45) is 0 Å². The van der Waals surface area contributed by atoms with E-state index in [2.05, 4.69) is 34.5 Å². The molecular weight excluding hydrogens is 595 g/mol. The van der Waals surface area contributed by atoms with E-state index >= 15 is 0 Å². The van der Waals surface area contributed by atoms with Gasteiger partial charge in [0.15, 0.2) is 4.34 Å². The number of methoxy groups -OCH3 is 1. The number of ketones is 1. The van der Waals surface area contributed by atoms with Crippen molar-refractivity contribution in [3.63, 3.8) is 0 Å². The fraction of sp³-hybridized carbons (Fsp3) is 0.176. The van der Waals surface area contributed by atoms with Crippen LogP contribution >= 0.6 is 23.1 Å². The Morgan fingerprint density at radius 2 is 1.84 bits per heavy atom. The first kappa shape index (κ1) is 28.1. The number of thioether (sulfide) groups is 1. The number of anilines is 1. The number of nitrogens with zero attached hydrogens (tertiary/aromatic N) is 3. The van der Waals surface area contributed by atoms with E-state index < -0.39 is 17.7 Å². The molecule has 3 heterocycles. The maximum absolute atomic E-state index is 13.6. The van der Waals surface area contributed by atoms with Crippen LogP contribution in [0, 0.1) is 0 Å². The van der Waals surface area contributed by atoms with Crippen molar-refractivity contribution in [1.82, 2.24) is 10.2 Å². The van der Waals surface area contributed by atoms with Gasteiger partial charge in [-0.15, -0.1) is 10.2 Å². The molecule has 0 aliphatic carbocycles. The molecule has 0 radical (unpaired) electrons. The Morgan fingerprint density at radius 1 is 1.05 bits per heavy atom. The van der Waals surface area contributed by atoms with E-state index in [9.17, 15) is 14.7 Å². The zero-order valence-electron chi connectivity index (χ0n) is 23.9. The third kappa shape index (κ3) is 4.99. The first-order chi connectivity index (χ1) is 21.4. The Morgan fingerprint density at radius 3 is 2.66 bits per heavy atom. The molecule has 4 aromatic carbocycles. The van der Waals surface area contributed by atoms with E-state index in [1.54, 1.807) is 43.5 Å². The fourth-order valence-electron chi connectivity index (χ4n) is 5.77. The number of ether oxygens (including phenoxy) is 2. The summed E-state index contributed by atoms with van der Waals surface area (Å²) in [5, 5.41) is 22.9. The highest BCUT2D eigenvalue weighted by Gasteiger charge is 2.48. The van der Waals surface area contributed by atoms with Gasteiger partial charge in [-0.25, -0.2) is 0 Å². The van der Waals surface area contributed by atoms with Crippen LogP contribution in [0.4, 0.5) is 5.13 Å². The molecule has 10 heteroatoms. The molecule has 2 aliphatic rings. The number of hydrogen-bond acceptors (Lipinski definition) is 9. The maximum atomic E-state index is 13.6. The first-order valence-corrected chi connectivity index (χ1v) is 15.9. The predicted molar refractivity (Wildman–Crippen MR) is 171 cm³/mol. The molecule has 0 spiro atoms. The first-order valence-electron chi connectivity index (χ1n) is 14.1. The standard InChI is InChI=1S/C34H27N3O5S2/c1-19-16-24-17-22(12-15-27(24)42-19)30(38)28-29(21-10-13-25(41-2)14-11-21)37(32(40)31(28)39)33-35-36-34(44-33)43-18-23-8-5-7-20-6-3-4-9-26(20)23/h3-15,17,19,29,38H,16,18H2,1-2H3. The zero-order chi connectivity index (χ0) is 30.4. The molecule has 0 saturated carbocycles. The number of benzene rings is 4. The number of carbonyl (C=O) groups is 2. The number of carbonyl (C=O) groups excluding carboxylic acids is 2. The smallest absolute Gasteiger partial charge is 0.301 e. The monoisotopic (exact) mass is 621 g/mol. The second-order valence-electron chi connectivity index (χ2n) is 10.7. The van der Waals surface area contributed by atoms with Crippen molar-refractivity contribution >= 4 is 56.5 Å². The number of hydrogen-bond donors (Lipinski definition) is 1. The van der Waals surface area contributed by atoms with Crippen molar-refractivity contribution in [1.29, 1.82) is 0 Å². The second-order valence-corrected chi connectivity index (χ2v) is 12.9. The highest BCUT2D eigenvalue weighted by atomic mass is 32.2. The van der Waals surface area contributed by atoms with Gasteiger partial charge in [0.1, 0.15) is 23.4 Å². The van der Waals surface area contributed by atoms with E-state index in [0.717, 1.165) is 22.3 Å². The lowest BCUT2D eigenvalue weighted by Crippen LogP contribution is -2.29. The van der Waals surface area contributed by atoms with Crippen LogP contribution in [-0.2, 0) is 21.8 Å². The molecule has 0 bridgehead atoms. The Labute approximate surface area is 262 Å². The molecular formula is C34H27N3O5S2. The Hall–Kier alpha value is -4.67. The van der Waals surface area contributed by atoms with E-state index in [1.807, 2.05) is 31.2 Å². The second kappa shape index (κ2) is 11.4. The molecule has 44 heavy (non-hydrogen) atoms. The van der Waals surface area contributed by atoms with Crippen LogP contribution in [0.15, 0.2) is 94.8 Å². The van der Waals surface area contributed by atoms with Crippen LogP contribution in [-0.4, -0.2) is 40.2 Å².